The zero-order valence-corrected chi connectivity index (χ0v) is 22.2. The van der Waals surface area contributed by atoms with Crippen LogP contribution in [0.2, 0.25) is 5.02 Å². The molecular formula is C27H30ClN3O4S. The normalized spacial score (nSPS) is 14.0. The van der Waals surface area contributed by atoms with Gasteiger partial charge in [-0.05, 0) is 61.9 Å². The Hall–Kier alpha value is -3.23. The Balaban J connectivity index is 1.56. The Morgan fingerprint density at radius 1 is 0.972 bits per heavy atom. The molecule has 1 aliphatic rings. The molecule has 1 amide bonds. The maximum absolute atomic E-state index is 13.7. The number of para-hydroxylation sites is 2. The van der Waals surface area contributed by atoms with Gasteiger partial charge in [0.25, 0.3) is 10.0 Å². The molecule has 0 N–H and O–H groups in total. The first kappa shape index (κ1) is 25.9. The SMILES string of the molecule is COc1ccccc1N1CCN(C(=O)CN(c2ccc(Cl)cc2C)S(=O)(=O)c2ccc(C)cc2)CC1. The van der Waals surface area contributed by atoms with Crippen LogP contribution in [-0.2, 0) is 14.8 Å². The van der Waals surface area contributed by atoms with E-state index < -0.39 is 10.0 Å². The summed E-state index contributed by atoms with van der Waals surface area (Å²) in [4.78, 5) is 17.4. The fraction of sp³-hybridized carbons (Fsp3) is 0.296. The summed E-state index contributed by atoms with van der Waals surface area (Å²) >= 11 is 6.13. The van der Waals surface area contributed by atoms with Crippen molar-refractivity contribution in [1.82, 2.24) is 4.90 Å². The van der Waals surface area contributed by atoms with E-state index in [-0.39, 0.29) is 17.3 Å². The lowest BCUT2D eigenvalue weighted by molar-refractivity contribution is -0.129. The van der Waals surface area contributed by atoms with Gasteiger partial charge in [0.15, 0.2) is 0 Å². The van der Waals surface area contributed by atoms with E-state index in [0.717, 1.165) is 17.0 Å². The van der Waals surface area contributed by atoms with Crippen LogP contribution in [0.1, 0.15) is 11.1 Å². The zero-order chi connectivity index (χ0) is 25.9. The number of benzene rings is 3. The van der Waals surface area contributed by atoms with Crippen LogP contribution in [0.5, 0.6) is 5.75 Å². The first-order chi connectivity index (χ1) is 17.2. The van der Waals surface area contributed by atoms with Gasteiger partial charge < -0.3 is 14.5 Å². The maximum Gasteiger partial charge on any atom is 0.264 e. The summed E-state index contributed by atoms with van der Waals surface area (Å²) in [6.45, 7) is 5.59. The molecule has 0 aromatic heterocycles. The molecule has 3 aromatic rings. The molecule has 1 heterocycles. The number of hydrogen-bond acceptors (Lipinski definition) is 5. The van der Waals surface area contributed by atoms with Crippen LogP contribution in [-0.4, -0.2) is 59.1 Å². The number of halogens is 1. The topological polar surface area (TPSA) is 70.2 Å². The lowest BCUT2D eigenvalue weighted by atomic mass is 10.2. The lowest BCUT2D eigenvalue weighted by Gasteiger charge is -2.37. The molecule has 190 valence electrons. The van der Waals surface area contributed by atoms with E-state index in [0.29, 0.717) is 42.5 Å². The van der Waals surface area contributed by atoms with Crippen molar-refractivity contribution in [2.24, 2.45) is 0 Å². The number of sulfonamides is 1. The summed E-state index contributed by atoms with van der Waals surface area (Å²) in [5.74, 6) is 0.533. The zero-order valence-electron chi connectivity index (χ0n) is 20.6. The minimum absolute atomic E-state index is 0.135. The number of anilines is 2. The lowest BCUT2D eigenvalue weighted by Crippen LogP contribution is -2.52. The molecule has 1 aliphatic heterocycles. The van der Waals surface area contributed by atoms with Crippen molar-refractivity contribution in [3.63, 3.8) is 0 Å². The van der Waals surface area contributed by atoms with Crippen molar-refractivity contribution in [3.05, 3.63) is 82.9 Å². The first-order valence-corrected chi connectivity index (χ1v) is 13.5. The predicted octanol–water partition coefficient (Wildman–Crippen LogP) is 4.51. The van der Waals surface area contributed by atoms with E-state index in [9.17, 15) is 13.2 Å². The molecule has 0 radical (unpaired) electrons. The Morgan fingerprint density at radius 2 is 1.64 bits per heavy atom. The number of carbonyl (C=O) groups is 1. The van der Waals surface area contributed by atoms with E-state index >= 15 is 0 Å². The molecule has 0 aliphatic carbocycles. The van der Waals surface area contributed by atoms with Gasteiger partial charge >= 0.3 is 0 Å². The van der Waals surface area contributed by atoms with Crippen molar-refractivity contribution < 1.29 is 17.9 Å². The molecule has 0 bridgehead atoms. The summed E-state index contributed by atoms with van der Waals surface area (Å²) in [5.41, 5.74) is 3.03. The van der Waals surface area contributed by atoms with Crippen LogP contribution in [0.4, 0.5) is 11.4 Å². The highest BCUT2D eigenvalue weighted by Gasteiger charge is 2.31. The maximum atomic E-state index is 13.7. The molecule has 1 fully saturated rings. The number of carbonyl (C=O) groups excluding carboxylic acids is 1. The third-order valence-electron chi connectivity index (χ3n) is 6.37. The fourth-order valence-corrected chi connectivity index (χ4v) is 6.05. The number of nitrogens with zero attached hydrogens (tertiary/aromatic N) is 3. The van der Waals surface area contributed by atoms with Gasteiger partial charge in [-0.3, -0.25) is 9.10 Å². The smallest absolute Gasteiger partial charge is 0.264 e. The van der Waals surface area contributed by atoms with Crippen molar-refractivity contribution in [2.75, 3.05) is 49.0 Å². The van der Waals surface area contributed by atoms with E-state index in [1.165, 1.54) is 4.31 Å². The number of methoxy groups -OCH3 is 1. The molecule has 4 rings (SSSR count). The Morgan fingerprint density at radius 3 is 2.28 bits per heavy atom. The highest BCUT2D eigenvalue weighted by Crippen LogP contribution is 2.30. The van der Waals surface area contributed by atoms with Crippen molar-refractivity contribution in [2.45, 2.75) is 18.7 Å². The highest BCUT2D eigenvalue weighted by molar-refractivity contribution is 7.92. The van der Waals surface area contributed by atoms with E-state index in [1.54, 1.807) is 61.4 Å². The van der Waals surface area contributed by atoms with Gasteiger partial charge in [0, 0.05) is 31.2 Å². The van der Waals surface area contributed by atoms with E-state index in [2.05, 4.69) is 4.90 Å². The monoisotopic (exact) mass is 527 g/mol. The highest BCUT2D eigenvalue weighted by atomic mass is 35.5. The first-order valence-electron chi connectivity index (χ1n) is 11.7. The minimum Gasteiger partial charge on any atom is -0.495 e. The van der Waals surface area contributed by atoms with Crippen molar-refractivity contribution >= 4 is 38.9 Å². The molecule has 7 nitrogen and oxygen atoms in total. The molecule has 0 saturated carbocycles. The molecule has 0 spiro atoms. The Kier molecular flexibility index (Phi) is 7.76. The second-order valence-corrected chi connectivity index (χ2v) is 11.1. The number of ether oxygens (including phenoxy) is 1. The van der Waals surface area contributed by atoms with Crippen LogP contribution < -0.4 is 13.9 Å². The van der Waals surface area contributed by atoms with Crippen LogP contribution in [0.3, 0.4) is 0 Å². The summed E-state index contributed by atoms with van der Waals surface area (Å²) in [7, 11) is -2.35. The number of rotatable bonds is 7. The molecule has 1 saturated heterocycles. The molecule has 36 heavy (non-hydrogen) atoms. The standard InChI is InChI=1S/C27H30ClN3O4S/c1-20-8-11-23(12-9-20)36(33,34)31(24-13-10-22(28)18-21(24)2)19-27(32)30-16-14-29(15-17-30)25-6-4-5-7-26(25)35-3/h4-13,18H,14-17,19H2,1-3H3. The van der Waals surface area contributed by atoms with Gasteiger partial charge in [-0.25, -0.2) is 8.42 Å². The van der Waals surface area contributed by atoms with Gasteiger partial charge in [0.1, 0.15) is 12.3 Å². The number of piperazine rings is 1. The minimum atomic E-state index is -3.99. The van der Waals surface area contributed by atoms with Gasteiger partial charge in [-0.1, -0.05) is 41.4 Å². The largest absolute Gasteiger partial charge is 0.495 e. The van der Waals surface area contributed by atoms with Crippen molar-refractivity contribution in [1.29, 1.82) is 0 Å². The Labute approximate surface area is 217 Å². The molecular weight excluding hydrogens is 498 g/mol. The average molecular weight is 528 g/mol. The van der Waals surface area contributed by atoms with E-state index in [1.807, 2.05) is 31.2 Å². The molecule has 0 unspecified atom stereocenters. The van der Waals surface area contributed by atoms with Crippen LogP contribution in [0, 0.1) is 13.8 Å². The quantitative estimate of drug-likeness (QED) is 0.452. The summed E-state index contributed by atoms with van der Waals surface area (Å²) < 4.78 is 34.1. The third-order valence-corrected chi connectivity index (χ3v) is 8.38. The Bertz CT molecular complexity index is 1340. The fourth-order valence-electron chi connectivity index (χ4n) is 4.35. The summed E-state index contributed by atoms with van der Waals surface area (Å²) in [6.07, 6.45) is 0. The van der Waals surface area contributed by atoms with Gasteiger partial charge in [0.2, 0.25) is 5.91 Å². The third kappa shape index (κ3) is 5.44. The second-order valence-electron chi connectivity index (χ2n) is 8.80. The number of aryl methyl sites for hydroxylation is 2. The molecule has 3 aromatic carbocycles. The van der Waals surface area contributed by atoms with E-state index in [4.69, 9.17) is 16.3 Å². The predicted molar refractivity (Wildman–Crippen MR) is 144 cm³/mol. The average Bonchev–Trinajstić information content (AvgIpc) is 2.88. The molecule has 9 heteroatoms. The van der Waals surface area contributed by atoms with Crippen LogP contribution in [0.15, 0.2) is 71.6 Å². The number of hydrogen-bond donors (Lipinski definition) is 0. The van der Waals surface area contributed by atoms with Gasteiger partial charge in [-0.15, -0.1) is 0 Å². The second kappa shape index (κ2) is 10.8. The summed E-state index contributed by atoms with van der Waals surface area (Å²) in [6, 6.07) is 19.4. The summed E-state index contributed by atoms with van der Waals surface area (Å²) in [5, 5.41) is 0.503. The van der Waals surface area contributed by atoms with Gasteiger partial charge in [-0.2, -0.15) is 0 Å². The van der Waals surface area contributed by atoms with Crippen LogP contribution in [0.25, 0.3) is 0 Å². The number of amides is 1. The van der Waals surface area contributed by atoms with Crippen LogP contribution >= 0.6 is 11.6 Å². The van der Waals surface area contributed by atoms with Gasteiger partial charge in [0.05, 0.1) is 23.4 Å². The molecule has 0 atom stereocenters. The van der Waals surface area contributed by atoms with Crippen molar-refractivity contribution in [3.8, 4) is 5.75 Å².